The number of hydrogen-bond acceptors (Lipinski definition) is 3. The van der Waals surface area contributed by atoms with Crippen LogP contribution in [0.25, 0.3) is 0 Å². The Hall–Kier alpha value is -1.19. The Bertz CT molecular complexity index is 727. The molecule has 1 fully saturated rings. The summed E-state index contributed by atoms with van der Waals surface area (Å²) in [7, 11) is -3.39. The summed E-state index contributed by atoms with van der Waals surface area (Å²) in [5.41, 5.74) is 0. The summed E-state index contributed by atoms with van der Waals surface area (Å²) in [5, 5.41) is 0. The Morgan fingerprint density at radius 1 is 0.955 bits per heavy atom. The standard InChI is InChI=1S/C15H16IN3O2S/c16-13-4-6-14(7-5-13)22(20,21)19-11-9-18(10-12-19)15-3-1-2-8-17-15/h1-8H,9-12H2/p+1. The first-order valence-corrected chi connectivity index (χ1v) is 9.57. The molecular weight excluding hydrogens is 413 g/mol. The Balaban J connectivity index is 1.72. The van der Waals surface area contributed by atoms with Crippen molar-refractivity contribution in [3.05, 3.63) is 52.2 Å². The molecule has 2 aromatic rings. The molecule has 22 heavy (non-hydrogen) atoms. The molecule has 1 aromatic carbocycles. The van der Waals surface area contributed by atoms with E-state index in [0.717, 1.165) is 9.39 Å². The molecule has 2 heterocycles. The van der Waals surface area contributed by atoms with Gasteiger partial charge in [-0.1, -0.05) is 6.07 Å². The van der Waals surface area contributed by atoms with Gasteiger partial charge in [0.15, 0.2) is 0 Å². The first kappa shape index (κ1) is 15.7. The summed E-state index contributed by atoms with van der Waals surface area (Å²) in [5.74, 6) is 1.02. The fourth-order valence-corrected chi connectivity index (χ4v) is 4.29. The normalized spacial score (nSPS) is 16.7. The van der Waals surface area contributed by atoms with Crippen LogP contribution in [-0.2, 0) is 10.0 Å². The van der Waals surface area contributed by atoms with E-state index in [1.165, 1.54) is 0 Å². The van der Waals surface area contributed by atoms with Crippen molar-refractivity contribution in [2.24, 2.45) is 0 Å². The predicted octanol–water partition coefficient (Wildman–Crippen LogP) is 1.62. The van der Waals surface area contributed by atoms with Crippen LogP contribution in [-0.4, -0.2) is 38.9 Å². The molecule has 0 bridgehead atoms. The fourth-order valence-electron chi connectivity index (χ4n) is 2.51. The molecule has 1 aliphatic rings. The molecule has 1 saturated heterocycles. The SMILES string of the molecule is O=S(=O)(c1ccc(I)cc1)N1CCN(c2cccc[nH+]2)CC1. The quantitative estimate of drug-likeness (QED) is 0.696. The van der Waals surface area contributed by atoms with Crippen molar-refractivity contribution >= 4 is 38.4 Å². The zero-order chi connectivity index (χ0) is 15.6. The van der Waals surface area contributed by atoms with Crippen LogP contribution in [0.2, 0.25) is 0 Å². The molecule has 0 atom stereocenters. The molecule has 0 spiro atoms. The van der Waals surface area contributed by atoms with E-state index in [4.69, 9.17) is 0 Å². The molecule has 5 nitrogen and oxygen atoms in total. The van der Waals surface area contributed by atoms with Gasteiger partial charge >= 0.3 is 0 Å². The van der Waals surface area contributed by atoms with E-state index in [0.29, 0.717) is 31.1 Å². The van der Waals surface area contributed by atoms with Gasteiger partial charge in [-0.15, -0.1) is 0 Å². The summed E-state index contributed by atoms with van der Waals surface area (Å²) < 4.78 is 27.9. The number of anilines is 1. The highest BCUT2D eigenvalue weighted by molar-refractivity contribution is 14.1. The van der Waals surface area contributed by atoms with Crippen molar-refractivity contribution in [1.29, 1.82) is 0 Å². The average Bonchev–Trinajstić information content (AvgIpc) is 2.56. The van der Waals surface area contributed by atoms with Gasteiger partial charge in [-0.05, 0) is 52.9 Å². The Kier molecular flexibility index (Phi) is 4.65. The minimum atomic E-state index is -3.39. The number of hydrogen-bond donors (Lipinski definition) is 0. The zero-order valence-electron chi connectivity index (χ0n) is 11.9. The van der Waals surface area contributed by atoms with Gasteiger partial charge in [0.05, 0.1) is 37.3 Å². The monoisotopic (exact) mass is 430 g/mol. The van der Waals surface area contributed by atoms with Crippen molar-refractivity contribution in [3.63, 3.8) is 0 Å². The van der Waals surface area contributed by atoms with Crippen molar-refractivity contribution in [2.45, 2.75) is 4.90 Å². The number of piperazine rings is 1. The largest absolute Gasteiger partial charge is 0.274 e. The van der Waals surface area contributed by atoms with Crippen molar-refractivity contribution in [3.8, 4) is 0 Å². The van der Waals surface area contributed by atoms with E-state index in [9.17, 15) is 8.42 Å². The zero-order valence-corrected chi connectivity index (χ0v) is 14.9. The van der Waals surface area contributed by atoms with E-state index >= 15 is 0 Å². The number of aromatic nitrogens is 1. The van der Waals surface area contributed by atoms with Gasteiger partial charge in [0.25, 0.3) is 5.82 Å². The van der Waals surface area contributed by atoms with Crippen LogP contribution in [0.4, 0.5) is 5.82 Å². The highest BCUT2D eigenvalue weighted by atomic mass is 127. The van der Waals surface area contributed by atoms with Crippen LogP contribution >= 0.6 is 22.6 Å². The Labute approximate surface area is 144 Å². The second kappa shape index (κ2) is 6.51. The average molecular weight is 430 g/mol. The van der Waals surface area contributed by atoms with E-state index < -0.39 is 10.0 Å². The molecule has 0 amide bonds. The van der Waals surface area contributed by atoms with Gasteiger partial charge in [-0.25, -0.2) is 13.4 Å². The number of H-pyrrole nitrogens is 1. The van der Waals surface area contributed by atoms with E-state index in [-0.39, 0.29) is 0 Å². The second-order valence-corrected chi connectivity index (χ2v) is 8.28. The first-order valence-electron chi connectivity index (χ1n) is 7.05. The van der Waals surface area contributed by atoms with Crippen LogP contribution in [0.1, 0.15) is 0 Å². The molecule has 116 valence electrons. The molecule has 0 radical (unpaired) electrons. The van der Waals surface area contributed by atoms with Crippen LogP contribution < -0.4 is 9.88 Å². The maximum atomic E-state index is 12.6. The lowest BCUT2D eigenvalue weighted by Crippen LogP contribution is -2.49. The highest BCUT2D eigenvalue weighted by Gasteiger charge is 2.31. The molecule has 7 heteroatoms. The molecular formula is C15H17IN3O2S+. The summed E-state index contributed by atoms with van der Waals surface area (Å²) in [6.45, 7) is 2.36. The topological polar surface area (TPSA) is 54.8 Å². The fraction of sp³-hybridized carbons (Fsp3) is 0.267. The van der Waals surface area contributed by atoms with E-state index in [1.807, 2.05) is 36.5 Å². The van der Waals surface area contributed by atoms with Crippen LogP contribution in [0.3, 0.4) is 0 Å². The second-order valence-electron chi connectivity index (χ2n) is 5.09. The number of nitrogens with one attached hydrogen (secondary N) is 1. The molecule has 1 aromatic heterocycles. The summed E-state index contributed by atoms with van der Waals surface area (Å²) in [6, 6.07) is 12.9. The van der Waals surface area contributed by atoms with Crippen molar-refractivity contribution in [1.82, 2.24) is 4.31 Å². The minimum absolute atomic E-state index is 0.368. The van der Waals surface area contributed by atoms with Gasteiger partial charge in [0.1, 0.15) is 0 Å². The number of rotatable bonds is 3. The van der Waals surface area contributed by atoms with E-state index in [2.05, 4.69) is 32.5 Å². The van der Waals surface area contributed by atoms with Crippen LogP contribution in [0.5, 0.6) is 0 Å². The third kappa shape index (κ3) is 3.26. The van der Waals surface area contributed by atoms with Gasteiger partial charge in [-0.2, -0.15) is 4.31 Å². The summed E-state index contributed by atoms with van der Waals surface area (Å²) in [4.78, 5) is 5.72. The van der Waals surface area contributed by atoms with Crippen molar-refractivity contribution in [2.75, 3.05) is 31.1 Å². The van der Waals surface area contributed by atoms with Gasteiger partial charge in [-0.3, -0.25) is 4.90 Å². The summed E-state index contributed by atoms with van der Waals surface area (Å²) in [6.07, 6.45) is 1.88. The van der Waals surface area contributed by atoms with Gasteiger partial charge in [0.2, 0.25) is 10.0 Å². The number of aromatic amines is 1. The summed E-state index contributed by atoms with van der Waals surface area (Å²) >= 11 is 2.17. The number of benzene rings is 1. The van der Waals surface area contributed by atoms with Gasteiger partial charge in [0, 0.05) is 9.64 Å². The molecule has 1 N–H and O–H groups in total. The molecule has 3 rings (SSSR count). The number of nitrogens with zero attached hydrogens (tertiary/aromatic N) is 2. The molecule has 0 unspecified atom stereocenters. The molecule has 0 saturated carbocycles. The van der Waals surface area contributed by atoms with Crippen molar-refractivity contribution < 1.29 is 13.4 Å². The molecule has 1 aliphatic heterocycles. The lowest BCUT2D eigenvalue weighted by Gasteiger charge is -2.30. The Morgan fingerprint density at radius 3 is 2.23 bits per heavy atom. The first-order chi connectivity index (χ1) is 10.6. The maximum absolute atomic E-state index is 12.6. The Morgan fingerprint density at radius 2 is 1.64 bits per heavy atom. The van der Waals surface area contributed by atoms with Crippen LogP contribution in [0.15, 0.2) is 53.6 Å². The third-order valence-corrected chi connectivity index (χ3v) is 6.36. The third-order valence-electron chi connectivity index (χ3n) is 3.72. The minimum Gasteiger partial charge on any atom is -0.259 e. The molecule has 0 aliphatic carbocycles. The lowest BCUT2D eigenvalue weighted by molar-refractivity contribution is -0.364. The van der Waals surface area contributed by atoms with Crippen LogP contribution in [0, 0.1) is 3.57 Å². The lowest BCUT2D eigenvalue weighted by atomic mass is 10.3. The maximum Gasteiger partial charge on any atom is 0.274 e. The number of halogens is 1. The number of pyridine rings is 1. The highest BCUT2D eigenvalue weighted by Crippen LogP contribution is 2.20. The van der Waals surface area contributed by atoms with E-state index in [1.54, 1.807) is 16.4 Å². The van der Waals surface area contributed by atoms with Gasteiger partial charge < -0.3 is 0 Å². The predicted molar refractivity (Wildman–Crippen MR) is 93.1 cm³/mol. The number of sulfonamides is 1. The smallest absolute Gasteiger partial charge is 0.259 e.